The van der Waals surface area contributed by atoms with E-state index in [-0.39, 0.29) is 5.78 Å². The Bertz CT molecular complexity index is 505. The van der Waals surface area contributed by atoms with E-state index < -0.39 is 0 Å². The van der Waals surface area contributed by atoms with Crippen LogP contribution >= 0.6 is 0 Å². The lowest BCUT2D eigenvalue weighted by atomic mass is 10.0. The normalized spacial score (nSPS) is 10.6. The highest BCUT2D eigenvalue weighted by molar-refractivity contribution is 6.01. The smallest absolute Gasteiger partial charge is 0.176 e. The van der Waals surface area contributed by atoms with Crippen LogP contribution in [-0.2, 0) is 0 Å². The maximum absolute atomic E-state index is 11.8. The maximum Gasteiger partial charge on any atom is 0.176 e. The van der Waals surface area contributed by atoms with Crippen LogP contribution in [0, 0.1) is 0 Å². The van der Waals surface area contributed by atoms with Crippen molar-refractivity contribution < 1.29 is 4.79 Å². The summed E-state index contributed by atoms with van der Waals surface area (Å²) < 4.78 is 0. The zero-order valence-electron chi connectivity index (χ0n) is 9.36. The first-order chi connectivity index (χ1) is 7.81. The van der Waals surface area contributed by atoms with E-state index in [1.807, 2.05) is 49.4 Å². The number of ketones is 1. The van der Waals surface area contributed by atoms with Gasteiger partial charge in [0.05, 0.1) is 6.54 Å². The zero-order chi connectivity index (χ0) is 11.4. The van der Waals surface area contributed by atoms with Gasteiger partial charge in [0.15, 0.2) is 5.78 Å². The van der Waals surface area contributed by atoms with Crippen molar-refractivity contribution in [3.63, 3.8) is 0 Å². The number of hydrogen-bond donors (Lipinski definition) is 1. The van der Waals surface area contributed by atoms with Crippen LogP contribution in [0.25, 0.3) is 10.8 Å². The lowest BCUT2D eigenvalue weighted by Gasteiger charge is -2.03. The van der Waals surface area contributed by atoms with Gasteiger partial charge in [0.2, 0.25) is 0 Å². The second-order valence-electron chi connectivity index (χ2n) is 3.77. The van der Waals surface area contributed by atoms with Crippen molar-refractivity contribution in [2.75, 3.05) is 13.1 Å². The molecule has 0 spiro atoms. The van der Waals surface area contributed by atoms with E-state index in [0.717, 1.165) is 17.5 Å². The molecule has 2 aromatic rings. The molecule has 0 fully saturated rings. The van der Waals surface area contributed by atoms with Gasteiger partial charge in [0.1, 0.15) is 0 Å². The molecule has 16 heavy (non-hydrogen) atoms. The molecule has 2 aromatic carbocycles. The number of carbonyl (C=O) groups is 1. The Morgan fingerprint density at radius 3 is 2.62 bits per heavy atom. The first-order valence-electron chi connectivity index (χ1n) is 5.54. The minimum atomic E-state index is 0.146. The molecule has 0 aliphatic rings. The number of rotatable bonds is 4. The number of Topliss-reactive ketones (excluding diaryl/α,β-unsaturated/α-hetero) is 1. The van der Waals surface area contributed by atoms with Gasteiger partial charge in [-0.2, -0.15) is 0 Å². The molecular formula is C14H15NO. The SMILES string of the molecule is CCNCC(=O)c1ccc2ccccc2c1. The molecule has 0 heterocycles. The number of carbonyl (C=O) groups excluding carboxylic acids is 1. The monoisotopic (exact) mass is 213 g/mol. The number of fused-ring (bicyclic) bond motifs is 1. The molecule has 2 heteroatoms. The molecule has 0 aliphatic heterocycles. The Morgan fingerprint density at radius 1 is 1.12 bits per heavy atom. The third-order valence-electron chi connectivity index (χ3n) is 2.61. The van der Waals surface area contributed by atoms with E-state index >= 15 is 0 Å². The molecule has 0 aliphatic carbocycles. The van der Waals surface area contributed by atoms with Crippen LogP contribution in [0.5, 0.6) is 0 Å². The summed E-state index contributed by atoms with van der Waals surface area (Å²) in [6.45, 7) is 3.22. The molecule has 0 saturated heterocycles. The van der Waals surface area contributed by atoms with Crippen LogP contribution in [0.15, 0.2) is 42.5 Å². The Morgan fingerprint density at radius 2 is 1.88 bits per heavy atom. The molecule has 0 atom stereocenters. The third kappa shape index (κ3) is 2.28. The molecule has 82 valence electrons. The van der Waals surface area contributed by atoms with E-state index in [4.69, 9.17) is 0 Å². The number of likely N-dealkylation sites (N-methyl/N-ethyl adjacent to an activating group) is 1. The van der Waals surface area contributed by atoms with Gasteiger partial charge in [0, 0.05) is 5.56 Å². The van der Waals surface area contributed by atoms with Crippen LogP contribution < -0.4 is 5.32 Å². The molecule has 0 saturated carbocycles. The summed E-state index contributed by atoms with van der Waals surface area (Å²) in [5.41, 5.74) is 0.777. The zero-order valence-corrected chi connectivity index (χ0v) is 9.36. The minimum Gasteiger partial charge on any atom is -0.310 e. The van der Waals surface area contributed by atoms with Crippen LogP contribution in [0.2, 0.25) is 0 Å². The van der Waals surface area contributed by atoms with Crippen molar-refractivity contribution >= 4 is 16.6 Å². The highest BCUT2D eigenvalue weighted by Gasteiger charge is 2.05. The molecule has 0 unspecified atom stereocenters. The predicted molar refractivity (Wildman–Crippen MR) is 66.8 cm³/mol. The molecule has 0 amide bonds. The molecule has 0 bridgehead atoms. The summed E-state index contributed by atoms with van der Waals surface area (Å²) in [6.07, 6.45) is 0. The topological polar surface area (TPSA) is 29.1 Å². The first-order valence-corrected chi connectivity index (χ1v) is 5.54. The van der Waals surface area contributed by atoms with Gasteiger partial charge >= 0.3 is 0 Å². The summed E-state index contributed by atoms with van der Waals surface area (Å²) >= 11 is 0. The number of nitrogens with one attached hydrogen (secondary N) is 1. The van der Waals surface area contributed by atoms with E-state index in [1.54, 1.807) is 0 Å². The lowest BCUT2D eigenvalue weighted by molar-refractivity contribution is 0.0992. The van der Waals surface area contributed by atoms with E-state index in [0.29, 0.717) is 6.54 Å². The molecule has 0 radical (unpaired) electrons. The number of benzene rings is 2. The van der Waals surface area contributed by atoms with Gasteiger partial charge in [-0.3, -0.25) is 4.79 Å². The Balaban J connectivity index is 2.28. The second-order valence-corrected chi connectivity index (χ2v) is 3.77. The van der Waals surface area contributed by atoms with Gasteiger partial charge in [-0.1, -0.05) is 43.3 Å². The fourth-order valence-corrected chi connectivity index (χ4v) is 1.70. The van der Waals surface area contributed by atoms with Crippen LogP contribution in [0.1, 0.15) is 17.3 Å². The van der Waals surface area contributed by atoms with Crippen LogP contribution in [-0.4, -0.2) is 18.9 Å². The van der Waals surface area contributed by atoms with E-state index in [1.165, 1.54) is 5.39 Å². The lowest BCUT2D eigenvalue weighted by Crippen LogP contribution is -2.22. The summed E-state index contributed by atoms with van der Waals surface area (Å²) in [4.78, 5) is 11.8. The Hall–Kier alpha value is -1.67. The van der Waals surface area contributed by atoms with Crippen molar-refractivity contribution in [1.82, 2.24) is 5.32 Å². The molecule has 1 N–H and O–H groups in total. The van der Waals surface area contributed by atoms with E-state index in [2.05, 4.69) is 5.32 Å². The predicted octanol–water partition coefficient (Wildman–Crippen LogP) is 2.63. The highest BCUT2D eigenvalue weighted by Crippen LogP contribution is 2.15. The van der Waals surface area contributed by atoms with Crippen molar-refractivity contribution in [1.29, 1.82) is 0 Å². The highest BCUT2D eigenvalue weighted by atomic mass is 16.1. The van der Waals surface area contributed by atoms with Gasteiger partial charge in [-0.25, -0.2) is 0 Å². The molecule has 0 aromatic heterocycles. The largest absolute Gasteiger partial charge is 0.310 e. The Kier molecular flexibility index (Phi) is 3.32. The van der Waals surface area contributed by atoms with Crippen LogP contribution in [0.3, 0.4) is 0 Å². The molecular weight excluding hydrogens is 198 g/mol. The average molecular weight is 213 g/mol. The van der Waals surface area contributed by atoms with Crippen molar-refractivity contribution in [2.45, 2.75) is 6.92 Å². The minimum absolute atomic E-state index is 0.146. The fourth-order valence-electron chi connectivity index (χ4n) is 1.70. The summed E-state index contributed by atoms with van der Waals surface area (Å²) in [5, 5.41) is 5.33. The standard InChI is InChI=1S/C14H15NO/c1-2-15-10-14(16)13-8-7-11-5-3-4-6-12(11)9-13/h3-9,15H,2,10H2,1H3. The van der Waals surface area contributed by atoms with Crippen molar-refractivity contribution in [3.8, 4) is 0 Å². The van der Waals surface area contributed by atoms with Crippen molar-refractivity contribution in [2.24, 2.45) is 0 Å². The summed E-state index contributed by atoms with van der Waals surface area (Å²) in [7, 11) is 0. The van der Waals surface area contributed by atoms with E-state index in [9.17, 15) is 4.79 Å². The summed E-state index contributed by atoms with van der Waals surface area (Å²) in [5.74, 6) is 0.146. The van der Waals surface area contributed by atoms with Gasteiger partial charge in [-0.15, -0.1) is 0 Å². The quantitative estimate of drug-likeness (QED) is 0.791. The third-order valence-corrected chi connectivity index (χ3v) is 2.61. The fraction of sp³-hybridized carbons (Fsp3) is 0.214. The molecule has 2 nitrogen and oxygen atoms in total. The Labute approximate surface area is 95.3 Å². The summed E-state index contributed by atoms with van der Waals surface area (Å²) in [6, 6.07) is 13.9. The molecule has 2 rings (SSSR count). The first kappa shape index (κ1) is 10.8. The van der Waals surface area contributed by atoms with Gasteiger partial charge in [-0.05, 0) is 23.4 Å². The van der Waals surface area contributed by atoms with Crippen LogP contribution in [0.4, 0.5) is 0 Å². The average Bonchev–Trinajstić information content (AvgIpc) is 2.35. The maximum atomic E-state index is 11.8. The second kappa shape index (κ2) is 4.90. The number of hydrogen-bond acceptors (Lipinski definition) is 2. The van der Waals surface area contributed by atoms with Crippen molar-refractivity contribution in [3.05, 3.63) is 48.0 Å². The van der Waals surface area contributed by atoms with Gasteiger partial charge in [0.25, 0.3) is 0 Å². The van der Waals surface area contributed by atoms with Gasteiger partial charge < -0.3 is 5.32 Å².